The molecule has 124 valence electrons. The van der Waals surface area contributed by atoms with Crippen molar-refractivity contribution in [3.63, 3.8) is 0 Å². The highest BCUT2D eigenvalue weighted by molar-refractivity contribution is 6.43. The molecule has 0 saturated heterocycles. The molecule has 2 N–H and O–H groups in total. The van der Waals surface area contributed by atoms with E-state index in [2.05, 4.69) is 10.6 Å². The van der Waals surface area contributed by atoms with Crippen molar-refractivity contribution >= 4 is 29.0 Å². The van der Waals surface area contributed by atoms with Crippen LogP contribution in [0.3, 0.4) is 0 Å². The first-order valence-electron chi connectivity index (χ1n) is 7.70. The van der Waals surface area contributed by atoms with E-state index in [0.29, 0.717) is 16.9 Å². The van der Waals surface area contributed by atoms with Crippen LogP contribution in [0.4, 0.5) is 11.4 Å². The highest BCUT2D eigenvalue weighted by Gasteiger charge is 2.16. The minimum atomic E-state index is -0.783. The Morgan fingerprint density at radius 1 is 0.875 bits per heavy atom. The number of ketones is 1. The summed E-state index contributed by atoms with van der Waals surface area (Å²) in [4.78, 5) is 35.6. The number of Topliss-reactive ketones (excluding diaryl/α,β-unsaturated/α-hetero) is 1. The van der Waals surface area contributed by atoms with Gasteiger partial charge in [-0.05, 0) is 36.6 Å². The van der Waals surface area contributed by atoms with E-state index in [1.165, 1.54) is 13.0 Å². The zero-order valence-electron chi connectivity index (χ0n) is 13.9. The van der Waals surface area contributed by atoms with Gasteiger partial charge in [0.15, 0.2) is 5.78 Å². The largest absolute Gasteiger partial charge is 0.318 e. The van der Waals surface area contributed by atoms with Crippen LogP contribution in [0.25, 0.3) is 0 Å². The fourth-order valence-corrected chi connectivity index (χ4v) is 2.30. The third-order valence-corrected chi connectivity index (χ3v) is 3.56. The minimum absolute atomic E-state index is 0.110. The van der Waals surface area contributed by atoms with Crippen LogP contribution in [0.1, 0.15) is 42.6 Å². The number of anilines is 2. The molecule has 0 aliphatic heterocycles. The maximum atomic E-state index is 12.1. The summed E-state index contributed by atoms with van der Waals surface area (Å²) in [5, 5.41) is 5.13. The molecule has 2 rings (SSSR count). The lowest BCUT2D eigenvalue weighted by Gasteiger charge is -2.13. The maximum Gasteiger partial charge on any atom is 0.314 e. The fourth-order valence-electron chi connectivity index (χ4n) is 2.30. The number of benzene rings is 2. The molecule has 2 aromatic rings. The molecule has 0 atom stereocenters. The third-order valence-electron chi connectivity index (χ3n) is 3.56. The van der Waals surface area contributed by atoms with Gasteiger partial charge in [0.05, 0.1) is 0 Å². The van der Waals surface area contributed by atoms with E-state index in [-0.39, 0.29) is 11.7 Å². The highest BCUT2D eigenvalue weighted by atomic mass is 16.2. The molecule has 5 heteroatoms. The molecular weight excluding hydrogens is 304 g/mol. The van der Waals surface area contributed by atoms with Crippen molar-refractivity contribution < 1.29 is 14.4 Å². The molecule has 0 unspecified atom stereocenters. The molecule has 0 bridgehead atoms. The first kappa shape index (κ1) is 17.4. The van der Waals surface area contributed by atoms with E-state index in [4.69, 9.17) is 0 Å². The van der Waals surface area contributed by atoms with Crippen molar-refractivity contribution in [3.8, 4) is 0 Å². The highest BCUT2D eigenvalue weighted by Crippen LogP contribution is 2.23. The van der Waals surface area contributed by atoms with Gasteiger partial charge in [-0.3, -0.25) is 14.4 Å². The number of rotatable bonds is 4. The Kier molecular flexibility index (Phi) is 5.47. The van der Waals surface area contributed by atoms with Crippen LogP contribution in [-0.4, -0.2) is 17.6 Å². The number of nitrogens with one attached hydrogen (secondary N) is 2. The second-order valence-corrected chi connectivity index (χ2v) is 5.79. The third kappa shape index (κ3) is 4.29. The molecule has 0 radical (unpaired) electrons. The molecule has 0 aromatic heterocycles. The zero-order chi connectivity index (χ0) is 17.7. The van der Waals surface area contributed by atoms with Crippen LogP contribution in [0.15, 0.2) is 48.5 Å². The summed E-state index contributed by atoms with van der Waals surface area (Å²) in [5.74, 6) is -1.43. The number of amides is 2. The van der Waals surface area contributed by atoms with Crippen LogP contribution < -0.4 is 10.6 Å². The van der Waals surface area contributed by atoms with Gasteiger partial charge in [-0.15, -0.1) is 0 Å². The van der Waals surface area contributed by atoms with Gasteiger partial charge in [0.25, 0.3) is 0 Å². The Bertz CT molecular complexity index is 782. The molecule has 0 heterocycles. The van der Waals surface area contributed by atoms with Gasteiger partial charge in [-0.2, -0.15) is 0 Å². The van der Waals surface area contributed by atoms with Crippen LogP contribution in [0.2, 0.25) is 0 Å². The number of hydrogen-bond acceptors (Lipinski definition) is 3. The first-order valence-corrected chi connectivity index (χ1v) is 7.70. The van der Waals surface area contributed by atoms with Crippen LogP contribution >= 0.6 is 0 Å². The summed E-state index contributed by atoms with van der Waals surface area (Å²) < 4.78 is 0. The van der Waals surface area contributed by atoms with Gasteiger partial charge >= 0.3 is 11.8 Å². The van der Waals surface area contributed by atoms with Gasteiger partial charge in [-0.1, -0.05) is 44.2 Å². The summed E-state index contributed by atoms with van der Waals surface area (Å²) in [6.45, 7) is 5.47. The lowest BCUT2D eigenvalue weighted by atomic mass is 10.0. The van der Waals surface area contributed by atoms with Crippen LogP contribution in [0.5, 0.6) is 0 Å². The summed E-state index contributed by atoms with van der Waals surface area (Å²) in [6.07, 6.45) is 0. The normalized spacial score (nSPS) is 10.3. The average Bonchev–Trinajstić information content (AvgIpc) is 2.55. The lowest BCUT2D eigenvalue weighted by Crippen LogP contribution is -2.29. The molecule has 0 aliphatic rings. The van der Waals surface area contributed by atoms with Gasteiger partial charge in [0, 0.05) is 16.9 Å². The predicted octanol–water partition coefficient (Wildman–Crippen LogP) is 3.59. The SMILES string of the molecule is CC(=O)c1cccc(NC(=O)C(=O)Nc2ccccc2C(C)C)c1. The van der Waals surface area contributed by atoms with Crippen LogP contribution in [0, 0.1) is 0 Å². The molecule has 0 fully saturated rings. The molecule has 2 amide bonds. The fraction of sp³-hybridized carbons (Fsp3) is 0.211. The predicted molar refractivity (Wildman–Crippen MR) is 94.2 cm³/mol. The molecular formula is C19H20N2O3. The van der Waals surface area contributed by atoms with E-state index in [1.54, 1.807) is 30.3 Å². The quantitative estimate of drug-likeness (QED) is 0.666. The number of para-hydroxylation sites is 1. The standard InChI is InChI=1S/C19H20N2O3/c1-12(2)16-9-4-5-10-17(16)21-19(24)18(23)20-15-8-6-7-14(11-15)13(3)22/h4-12H,1-3H3,(H,20,23)(H,21,24). The molecule has 24 heavy (non-hydrogen) atoms. The number of hydrogen-bond donors (Lipinski definition) is 2. The molecule has 0 aliphatic carbocycles. The number of carbonyl (C=O) groups is 3. The number of carbonyl (C=O) groups excluding carboxylic acids is 3. The monoisotopic (exact) mass is 324 g/mol. The maximum absolute atomic E-state index is 12.1. The smallest absolute Gasteiger partial charge is 0.314 e. The lowest BCUT2D eigenvalue weighted by molar-refractivity contribution is -0.133. The molecule has 2 aromatic carbocycles. The minimum Gasteiger partial charge on any atom is -0.318 e. The van der Waals surface area contributed by atoms with Crippen LogP contribution in [-0.2, 0) is 9.59 Å². The van der Waals surface area contributed by atoms with Gasteiger partial charge in [-0.25, -0.2) is 0 Å². The average molecular weight is 324 g/mol. The van der Waals surface area contributed by atoms with E-state index in [0.717, 1.165) is 5.56 Å². The van der Waals surface area contributed by atoms with E-state index >= 15 is 0 Å². The summed E-state index contributed by atoms with van der Waals surface area (Å²) in [6, 6.07) is 13.8. The first-order chi connectivity index (χ1) is 11.4. The Labute approximate surface area is 141 Å². The summed E-state index contributed by atoms with van der Waals surface area (Å²) in [7, 11) is 0. The second-order valence-electron chi connectivity index (χ2n) is 5.79. The topological polar surface area (TPSA) is 75.3 Å². The van der Waals surface area contributed by atoms with Crippen molar-refractivity contribution in [2.24, 2.45) is 0 Å². The van der Waals surface area contributed by atoms with Gasteiger partial charge in [0.1, 0.15) is 0 Å². The van der Waals surface area contributed by atoms with E-state index in [1.807, 2.05) is 26.0 Å². The van der Waals surface area contributed by atoms with E-state index < -0.39 is 11.8 Å². The zero-order valence-corrected chi connectivity index (χ0v) is 13.9. The second kappa shape index (κ2) is 7.55. The van der Waals surface area contributed by atoms with Crippen molar-refractivity contribution in [3.05, 3.63) is 59.7 Å². The molecule has 5 nitrogen and oxygen atoms in total. The van der Waals surface area contributed by atoms with Gasteiger partial charge < -0.3 is 10.6 Å². The molecule has 0 spiro atoms. The Hall–Kier alpha value is -2.95. The Morgan fingerprint density at radius 2 is 1.54 bits per heavy atom. The van der Waals surface area contributed by atoms with Crippen molar-refractivity contribution in [1.82, 2.24) is 0 Å². The van der Waals surface area contributed by atoms with Crippen molar-refractivity contribution in [2.45, 2.75) is 26.7 Å². The van der Waals surface area contributed by atoms with E-state index in [9.17, 15) is 14.4 Å². The Balaban J connectivity index is 2.09. The molecule has 0 saturated carbocycles. The van der Waals surface area contributed by atoms with Gasteiger partial charge in [0.2, 0.25) is 0 Å². The van der Waals surface area contributed by atoms with Crippen molar-refractivity contribution in [1.29, 1.82) is 0 Å². The van der Waals surface area contributed by atoms with Crippen molar-refractivity contribution in [2.75, 3.05) is 10.6 Å². The summed E-state index contributed by atoms with van der Waals surface area (Å²) in [5.41, 5.74) is 2.45. The summed E-state index contributed by atoms with van der Waals surface area (Å²) >= 11 is 0. The Morgan fingerprint density at radius 3 is 2.21 bits per heavy atom.